The molecule has 0 spiro atoms. The summed E-state index contributed by atoms with van der Waals surface area (Å²) in [6.07, 6.45) is 0. The molecule has 2 nitrogen and oxygen atoms in total. The maximum Gasteiger partial charge on any atom is 0.131 e. The van der Waals surface area contributed by atoms with Gasteiger partial charge < -0.3 is 10.5 Å². The highest BCUT2D eigenvalue weighted by Crippen LogP contribution is 2.35. The highest BCUT2D eigenvalue weighted by Gasteiger charge is 2.19. The molecule has 0 aliphatic carbocycles. The van der Waals surface area contributed by atoms with Crippen LogP contribution in [-0.4, -0.2) is 0 Å². The van der Waals surface area contributed by atoms with Crippen LogP contribution in [0.5, 0.6) is 11.5 Å². The summed E-state index contributed by atoms with van der Waals surface area (Å²) in [5, 5.41) is 0. The largest absolute Gasteiger partial charge is 0.457 e. The molecule has 2 rings (SSSR count). The first-order valence-corrected chi connectivity index (χ1v) is 7.40. The van der Waals surface area contributed by atoms with E-state index in [1.807, 2.05) is 12.1 Å². The molecule has 0 fully saturated rings. The fourth-order valence-electron chi connectivity index (χ4n) is 2.41. The van der Waals surface area contributed by atoms with Crippen molar-refractivity contribution in [2.45, 2.75) is 46.6 Å². The molecule has 0 unspecified atom stereocenters. The van der Waals surface area contributed by atoms with Crippen molar-refractivity contribution < 1.29 is 4.74 Å². The van der Waals surface area contributed by atoms with Crippen molar-refractivity contribution in [3.8, 4) is 11.5 Å². The molecule has 2 aromatic carbocycles. The number of benzene rings is 2. The van der Waals surface area contributed by atoms with Gasteiger partial charge in [0.1, 0.15) is 11.5 Å². The van der Waals surface area contributed by atoms with Crippen molar-refractivity contribution in [1.82, 2.24) is 0 Å². The normalized spacial score (nSPS) is 11.5. The Hall–Kier alpha value is -1.80. The van der Waals surface area contributed by atoms with Gasteiger partial charge in [-0.2, -0.15) is 0 Å². The minimum Gasteiger partial charge on any atom is -0.457 e. The zero-order valence-corrected chi connectivity index (χ0v) is 13.7. The van der Waals surface area contributed by atoms with Gasteiger partial charge in [0.15, 0.2) is 0 Å². The average molecular weight is 283 g/mol. The monoisotopic (exact) mass is 283 g/mol. The van der Waals surface area contributed by atoms with Gasteiger partial charge in [0.25, 0.3) is 0 Å². The quantitative estimate of drug-likeness (QED) is 0.873. The zero-order chi connectivity index (χ0) is 15.6. The van der Waals surface area contributed by atoms with Gasteiger partial charge in [-0.25, -0.2) is 0 Å². The maximum atomic E-state index is 6.13. The molecule has 0 amide bonds. The number of rotatable bonds is 3. The van der Waals surface area contributed by atoms with Gasteiger partial charge in [0.2, 0.25) is 0 Å². The van der Waals surface area contributed by atoms with Crippen molar-refractivity contribution in [2.75, 3.05) is 0 Å². The van der Waals surface area contributed by atoms with E-state index in [-0.39, 0.29) is 5.41 Å². The fraction of sp³-hybridized carbons (Fsp3) is 0.368. The second-order valence-corrected chi connectivity index (χ2v) is 6.64. The van der Waals surface area contributed by atoms with E-state index < -0.39 is 0 Å². The summed E-state index contributed by atoms with van der Waals surface area (Å²) < 4.78 is 6.13. The van der Waals surface area contributed by atoms with Gasteiger partial charge in [-0.3, -0.25) is 0 Å². The van der Waals surface area contributed by atoms with E-state index in [1.54, 1.807) is 0 Å². The molecular formula is C19H25NO. The average Bonchev–Trinajstić information content (AvgIpc) is 2.40. The second-order valence-electron chi connectivity index (χ2n) is 6.64. The molecule has 0 saturated carbocycles. The first-order chi connectivity index (χ1) is 9.81. The Morgan fingerprint density at radius 2 is 1.71 bits per heavy atom. The molecule has 2 N–H and O–H groups in total. The zero-order valence-electron chi connectivity index (χ0n) is 13.7. The van der Waals surface area contributed by atoms with Gasteiger partial charge >= 0.3 is 0 Å². The van der Waals surface area contributed by atoms with Crippen LogP contribution in [-0.2, 0) is 12.0 Å². The topological polar surface area (TPSA) is 35.2 Å². The van der Waals surface area contributed by atoms with Crippen molar-refractivity contribution in [3.63, 3.8) is 0 Å². The predicted octanol–water partition coefficient (Wildman–Crippen LogP) is 4.85. The van der Waals surface area contributed by atoms with Crippen LogP contribution in [0, 0.1) is 13.8 Å². The van der Waals surface area contributed by atoms with E-state index in [4.69, 9.17) is 10.5 Å². The van der Waals surface area contributed by atoms with E-state index in [2.05, 4.69) is 58.9 Å². The standard InChI is InChI=1S/C19H25NO/c1-13-6-9-18(17(10-13)19(3,4)5)21-16-8-7-15(12-20)14(2)11-16/h6-11H,12,20H2,1-5H3. The summed E-state index contributed by atoms with van der Waals surface area (Å²) in [5.74, 6) is 1.78. The molecule has 0 aliphatic heterocycles. The van der Waals surface area contributed by atoms with Crippen LogP contribution < -0.4 is 10.5 Å². The van der Waals surface area contributed by atoms with Crippen molar-refractivity contribution in [2.24, 2.45) is 5.73 Å². The van der Waals surface area contributed by atoms with Gasteiger partial charge in [0, 0.05) is 12.1 Å². The predicted molar refractivity (Wildman–Crippen MR) is 89.0 cm³/mol. The second kappa shape index (κ2) is 5.90. The third kappa shape index (κ3) is 3.64. The molecule has 0 bridgehead atoms. The molecule has 0 saturated heterocycles. The molecule has 0 atom stereocenters. The molecule has 0 aromatic heterocycles. The highest BCUT2D eigenvalue weighted by atomic mass is 16.5. The molecule has 0 radical (unpaired) electrons. The Balaban J connectivity index is 2.38. The Morgan fingerprint density at radius 3 is 2.29 bits per heavy atom. The van der Waals surface area contributed by atoms with Crippen LogP contribution in [0.4, 0.5) is 0 Å². The van der Waals surface area contributed by atoms with Crippen LogP contribution in [0.25, 0.3) is 0 Å². The minimum absolute atomic E-state index is 0.0492. The SMILES string of the molecule is Cc1ccc(Oc2ccc(CN)c(C)c2)c(C(C)(C)C)c1. The van der Waals surface area contributed by atoms with Crippen LogP contribution in [0.1, 0.15) is 43.0 Å². The Kier molecular flexibility index (Phi) is 4.38. The molecule has 0 heterocycles. The summed E-state index contributed by atoms with van der Waals surface area (Å²) in [6.45, 7) is 11.4. The van der Waals surface area contributed by atoms with E-state index >= 15 is 0 Å². The summed E-state index contributed by atoms with van der Waals surface area (Å²) in [7, 11) is 0. The van der Waals surface area contributed by atoms with Crippen LogP contribution in [0.2, 0.25) is 0 Å². The van der Waals surface area contributed by atoms with Crippen LogP contribution in [0.3, 0.4) is 0 Å². The third-order valence-corrected chi connectivity index (χ3v) is 3.70. The number of hydrogen-bond acceptors (Lipinski definition) is 2. The van der Waals surface area contributed by atoms with Crippen molar-refractivity contribution >= 4 is 0 Å². The molecule has 0 aliphatic rings. The smallest absolute Gasteiger partial charge is 0.131 e. The van der Waals surface area contributed by atoms with E-state index in [1.165, 1.54) is 16.7 Å². The first-order valence-electron chi connectivity index (χ1n) is 7.40. The Labute approximate surface area is 127 Å². The molecule has 112 valence electrons. The lowest BCUT2D eigenvalue weighted by Crippen LogP contribution is -2.12. The fourth-order valence-corrected chi connectivity index (χ4v) is 2.41. The van der Waals surface area contributed by atoms with Gasteiger partial charge in [-0.05, 0) is 48.6 Å². The maximum absolute atomic E-state index is 6.13. The highest BCUT2D eigenvalue weighted by molar-refractivity contribution is 5.45. The third-order valence-electron chi connectivity index (χ3n) is 3.70. The Morgan fingerprint density at radius 1 is 1.00 bits per heavy atom. The summed E-state index contributed by atoms with van der Waals surface area (Å²) in [5.41, 5.74) is 10.6. The van der Waals surface area contributed by atoms with Crippen molar-refractivity contribution in [1.29, 1.82) is 0 Å². The number of hydrogen-bond donors (Lipinski definition) is 1. The molecule has 2 aromatic rings. The first kappa shape index (κ1) is 15.6. The Bertz CT molecular complexity index is 638. The number of aryl methyl sites for hydroxylation is 2. The van der Waals surface area contributed by atoms with Crippen LogP contribution in [0.15, 0.2) is 36.4 Å². The lowest BCUT2D eigenvalue weighted by Gasteiger charge is -2.23. The minimum atomic E-state index is 0.0492. The summed E-state index contributed by atoms with van der Waals surface area (Å²) >= 11 is 0. The molecular weight excluding hydrogens is 258 g/mol. The van der Waals surface area contributed by atoms with Crippen molar-refractivity contribution in [3.05, 3.63) is 58.7 Å². The van der Waals surface area contributed by atoms with Crippen LogP contribution >= 0.6 is 0 Å². The number of ether oxygens (including phenoxy) is 1. The van der Waals surface area contributed by atoms with Gasteiger partial charge in [0.05, 0.1) is 0 Å². The van der Waals surface area contributed by atoms with Gasteiger partial charge in [-0.15, -0.1) is 0 Å². The summed E-state index contributed by atoms with van der Waals surface area (Å²) in [6, 6.07) is 12.4. The van der Waals surface area contributed by atoms with E-state index in [0.717, 1.165) is 17.1 Å². The molecule has 21 heavy (non-hydrogen) atoms. The van der Waals surface area contributed by atoms with E-state index in [9.17, 15) is 0 Å². The molecule has 2 heteroatoms. The lowest BCUT2D eigenvalue weighted by molar-refractivity contribution is 0.454. The number of nitrogens with two attached hydrogens (primary N) is 1. The lowest BCUT2D eigenvalue weighted by atomic mass is 9.85. The van der Waals surface area contributed by atoms with E-state index in [0.29, 0.717) is 6.54 Å². The summed E-state index contributed by atoms with van der Waals surface area (Å²) in [4.78, 5) is 0. The van der Waals surface area contributed by atoms with Gasteiger partial charge in [-0.1, -0.05) is 44.5 Å².